The van der Waals surface area contributed by atoms with Crippen molar-refractivity contribution in [2.75, 3.05) is 24.4 Å². The van der Waals surface area contributed by atoms with Crippen LogP contribution in [0.1, 0.15) is 20.7 Å². The van der Waals surface area contributed by atoms with Crippen molar-refractivity contribution in [3.8, 4) is 5.75 Å². The van der Waals surface area contributed by atoms with Gasteiger partial charge in [-0.1, -0.05) is 24.3 Å². The van der Waals surface area contributed by atoms with Crippen molar-refractivity contribution < 1.29 is 14.3 Å². The predicted octanol–water partition coefficient (Wildman–Crippen LogP) is 3.62. The van der Waals surface area contributed by atoms with Gasteiger partial charge in [-0.2, -0.15) is 0 Å². The molecule has 0 aliphatic rings. The number of nitrogens with zero attached hydrogens (tertiary/aromatic N) is 2. The summed E-state index contributed by atoms with van der Waals surface area (Å²) in [5, 5.41) is 2.78. The number of ether oxygens (including phenoxy) is 1. The van der Waals surface area contributed by atoms with E-state index in [2.05, 4.69) is 10.3 Å². The monoisotopic (exact) mass is 361 g/mol. The Hall–Kier alpha value is -3.67. The quantitative estimate of drug-likeness (QED) is 0.753. The van der Waals surface area contributed by atoms with Crippen LogP contribution in [0.5, 0.6) is 5.75 Å². The lowest BCUT2D eigenvalue weighted by atomic mass is 10.1. The molecule has 136 valence electrons. The van der Waals surface area contributed by atoms with Crippen LogP contribution < -0.4 is 15.0 Å². The third kappa shape index (κ3) is 4.30. The van der Waals surface area contributed by atoms with Crippen molar-refractivity contribution >= 4 is 23.2 Å². The third-order valence-corrected chi connectivity index (χ3v) is 4.02. The third-order valence-electron chi connectivity index (χ3n) is 4.02. The van der Waals surface area contributed by atoms with E-state index < -0.39 is 0 Å². The van der Waals surface area contributed by atoms with Gasteiger partial charge in [-0.05, 0) is 30.3 Å². The average Bonchev–Trinajstić information content (AvgIpc) is 2.73. The molecule has 0 aliphatic heterocycles. The van der Waals surface area contributed by atoms with Crippen molar-refractivity contribution in [2.24, 2.45) is 0 Å². The molecule has 2 aromatic carbocycles. The van der Waals surface area contributed by atoms with Crippen molar-refractivity contribution in [3.05, 3.63) is 84.2 Å². The zero-order valence-corrected chi connectivity index (χ0v) is 15.0. The van der Waals surface area contributed by atoms with Crippen LogP contribution in [0.25, 0.3) is 0 Å². The largest absolute Gasteiger partial charge is 0.497 e. The molecule has 6 nitrogen and oxygen atoms in total. The Morgan fingerprint density at radius 1 is 0.963 bits per heavy atom. The number of carbonyl (C=O) groups excluding carboxylic acids is 2. The summed E-state index contributed by atoms with van der Waals surface area (Å²) in [5.74, 6) is 0.0387. The summed E-state index contributed by atoms with van der Waals surface area (Å²) in [6, 6.07) is 17.8. The Morgan fingerprint density at radius 2 is 1.70 bits per heavy atom. The summed E-state index contributed by atoms with van der Waals surface area (Å²) < 4.78 is 5.15. The van der Waals surface area contributed by atoms with Gasteiger partial charge < -0.3 is 15.0 Å². The summed E-state index contributed by atoms with van der Waals surface area (Å²) in [6.45, 7) is 0. The molecule has 0 radical (unpaired) electrons. The van der Waals surface area contributed by atoms with Gasteiger partial charge >= 0.3 is 0 Å². The van der Waals surface area contributed by atoms with Gasteiger partial charge in [0, 0.05) is 36.9 Å². The first kappa shape index (κ1) is 18.1. The molecule has 3 aromatic rings. The second-order valence-electron chi connectivity index (χ2n) is 5.85. The van der Waals surface area contributed by atoms with Crippen molar-refractivity contribution in [1.82, 2.24) is 4.98 Å². The molecule has 1 heterocycles. The number of hydrogen-bond acceptors (Lipinski definition) is 4. The highest BCUT2D eigenvalue weighted by Crippen LogP contribution is 2.18. The van der Waals surface area contributed by atoms with Gasteiger partial charge in [-0.3, -0.25) is 14.6 Å². The maximum atomic E-state index is 12.7. The lowest BCUT2D eigenvalue weighted by molar-refractivity contribution is 0.0992. The van der Waals surface area contributed by atoms with Crippen LogP contribution in [0.3, 0.4) is 0 Å². The molecule has 0 fully saturated rings. The van der Waals surface area contributed by atoms with Gasteiger partial charge in [-0.15, -0.1) is 0 Å². The van der Waals surface area contributed by atoms with E-state index in [-0.39, 0.29) is 11.8 Å². The van der Waals surface area contributed by atoms with E-state index in [1.807, 2.05) is 30.3 Å². The van der Waals surface area contributed by atoms with Gasteiger partial charge in [0.25, 0.3) is 11.8 Å². The first-order valence-corrected chi connectivity index (χ1v) is 8.32. The zero-order chi connectivity index (χ0) is 19.2. The average molecular weight is 361 g/mol. The summed E-state index contributed by atoms with van der Waals surface area (Å²) in [5.41, 5.74) is 1.98. The Morgan fingerprint density at radius 3 is 2.44 bits per heavy atom. The van der Waals surface area contributed by atoms with Gasteiger partial charge in [0.15, 0.2) is 0 Å². The standard InChI is InChI=1S/C21H19N3O3/c1-24(18-8-4-3-5-9-18)21(26)16-11-15(13-22-14-16)20(25)23-17-7-6-10-19(12-17)27-2/h3-14H,1-2H3,(H,23,25). The molecule has 1 N–H and O–H groups in total. The molecule has 3 rings (SSSR count). The van der Waals surface area contributed by atoms with Crippen molar-refractivity contribution in [2.45, 2.75) is 0 Å². The Bertz CT molecular complexity index is 958. The minimum Gasteiger partial charge on any atom is -0.497 e. The van der Waals surface area contributed by atoms with E-state index in [0.717, 1.165) is 5.69 Å². The number of para-hydroxylation sites is 1. The minimum absolute atomic E-state index is 0.246. The Kier molecular flexibility index (Phi) is 5.47. The van der Waals surface area contributed by atoms with Gasteiger partial charge in [0.1, 0.15) is 5.75 Å². The molecular formula is C21H19N3O3. The van der Waals surface area contributed by atoms with Crippen LogP contribution in [0.15, 0.2) is 73.1 Å². The lowest BCUT2D eigenvalue weighted by Crippen LogP contribution is -2.26. The highest BCUT2D eigenvalue weighted by molar-refractivity contribution is 6.09. The second kappa shape index (κ2) is 8.14. The summed E-state index contributed by atoms with van der Waals surface area (Å²) in [7, 11) is 3.24. The van der Waals surface area contributed by atoms with E-state index in [9.17, 15) is 9.59 Å². The SMILES string of the molecule is COc1cccc(NC(=O)c2cncc(C(=O)N(C)c3ccccc3)c2)c1. The number of rotatable bonds is 5. The fourth-order valence-electron chi connectivity index (χ4n) is 2.55. The normalized spacial score (nSPS) is 10.1. The maximum absolute atomic E-state index is 12.7. The molecule has 0 spiro atoms. The molecule has 0 saturated heterocycles. The van der Waals surface area contributed by atoms with Crippen LogP contribution in [0, 0.1) is 0 Å². The molecule has 1 aromatic heterocycles. The predicted molar refractivity (Wildman–Crippen MR) is 104 cm³/mol. The van der Waals surface area contributed by atoms with Crippen LogP contribution in [-0.2, 0) is 0 Å². The summed E-state index contributed by atoms with van der Waals surface area (Å²) in [6.07, 6.45) is 2.87. The Balaban J connectivity index is 1.78. The number of aromatic nitrogens is 1. The summed E-state index contributed by atoms with van der Waals surface area (Å²) in [4.78, 5) is 30.8. The van der Waals surface area contributed by atoms with Crippen LogP contribution in [-0.4, -0.2) is 31.0 Å². The lowest BCUT2D eigenvalue weighted by Gasteiger charge is -2.17. The van der Waals surface area contributed by atoms with Gasteiger partial charge in [0.2, 0.25) is 0 Å². The molecule has 0 bridgehead atoms. The van der Waals surface area contributed by atoms with E-state index in [0.29, 0.717) is 22.6 Å². The van der Waals surface area contributed by atoms with Crippen LogP contribution >= 0.6 is 0 Å². The number of benzene rings is 2. The van der Waals surface area contributed by atoms with Crippen molar-refractivity contribution in [1.29, 1.82) is 0 Å². The molecule has 0 atom stereocenters. The first-order valence-electron chi connectivity index (χ1n) is 8.32. The van der Waals surface area contributed by atoms with Crippen molar-refractivity contribution in [3.63, 3.8) is 0 Å². The first-order chi connectivity index (χ1) is 13.1. The van der Waals surface area contributed by atoms with E-state index in [1.165, 1.54) is 23.4 Å². The molecule has 6 heteroatoms. The maximum Gasteiger partial charge on any atom is 0.259 e. The fourth-order valence-corrected chi connectivity index (χ4v) is 2.55. The number of hydrogen-bond donors (Lipinski definition) is 1. The molecular weight excluding hydrogens is 342 g/mol. The van der Waals surface area contributed by atoms with E-state index >= 15 is 0 Å². The smallest absolute Gasteiger partial charge is 0.259 e. The van der Waals surface area contributed by atoms with Crippen LogP contribution in [0.2, 0.25) is 0 Å². The van der Waals surface area contributed by atoms with Crippen LogP contribution in [0.4, 0.5) is 11.4 Å². The molecule has 2 amide bonds. The highest BCUT2D eigenvalue weighted by Gasteiger charge is 2.16. The number of methoxy groups -OCH3 is 1. The fraction of sp³-hybridized carbons (Fsp3) is 0.0952. The number of carbonyl (C=O) groups is 2. The number of anilines is 2. The van der Waals surface area contributed by atoms with Gasteiger partial charge in [-0.25, -0.2) is 0 Å². The minimum atomic E-state index is -0.354. The van der Waals surface area contributed by atoms with Gasteiger partial charge in [0.05, 0.1) is 18.2 Å². The van der Waals surface area contributed by atoms with E-state index in [4.69, 9.17) is 4.74 Å². The molecule has 0 aliphatic carbocycles. The topological polar surface area (TPSA) is 71.5 Å². The highest BCUT2D eigenvalue weighted by atomic mass is 16.5. The molecule has 0 unspecified atom stereocenters. The summed E-state index contributed by atoms with van der Waals surface area (Å²) >= 11 is 0. The zero-order valence-electron chi connectivity index (χ0n) is 15.0. The number of nitrogens with one attached hydrogen (secondary N) is 1. The number of amides is 2. The number of pyridine rings is 1. The molecule has 0 saturated carbocycles. The van der Waals surface area contributed by atoms with E-state index in [1.54, 1.807) is 38.4 Å². The molecule has 27 heavy (non-hydrogen) atoms. The second-order valence-corrected chi connectivity index (χ2v) is 5.85. The Labute approximate surface area is 157 Å².